The van der Waals surface area contributed by atoms with E-state index in [0.29, 0.717) is 25.2 Å². The molecule has 0 aromatic carbocycles. The number of nitrogens with zero attached hydrogens (tertiary/aromatic N) is 7. The Bertz CT molecular complexity index is 1370. The number of rotatable bonds is 6. The van der Waals surface area contributed by atoms with Crippen molar-refractivity contribution >= 4 is 17.1 Å². The molecule has 1 atom stereocenters. The average Bonchev–Trinajstić information content (AvgIpc) is 3.58. The number of likely N-dealkylation sites (tertiary alicyclic amines) is 1. The fourth-order valence-corrected chi connectivity index (χ4v) is 5.04. The fraction of sp³-hybridized carbons (Fsp3) is 0.520. The molecule has 2 aliphatic rings. The van der Waals surface area contributed by atoms with Gasteiger partial charge in [-0.1, -0.05) is 0 Å². The molecule has 0 saturated carbocycles. The van der Waals surface area contributed by atoms with E-state index in [9.17, 15) is 23.2 Å². The zero-order valence-corrected chi connectivity index (χ0v) is 20.8. The van der Waals surface area contributed by atoms with Crippen molar-refractivity contribution in [3.05, 3.63) is 30.0 Å². The SMILES string of the molecule is Cn1cnc2c(-c3cnc(OCCC4CCN(C(=O)C5CCCN5)CC4)c(C(F)(F)F)c3)nc(C#N)nc21. The van der Waals surface area contributed by atoms with E-state index in [1.165, 1.54) is 12.5 Å². The van der Waals surface area contributed by atoms with Crippen LogP contribution in [0.2, 0.25) is 0 Å². The third kappa shape index (κ3) is 5.26. The molecule has 2 saturated heterocycles. The number of carbonyl (C=O) groups excluding carboxylic acids is 1. The zero-order valence-electron chi connectivity index (χ0n) is 20.8. The van der Waals surface area contributed by atoms with E-state index < -0.39 is 17.6 Å². The monoisotopic (exact) mass is 528 g/mol. The number of nitriles is 1. The summed E-state index contributed by atoms with van der Waals surface area (Å²) in [6.45, 7) is 2.24. The second-order valence-corrected chi connectivity index (χ2v) is 9.66. The normalized spacial score (nSPS) is 18.6. The van der Waals surface area contributed by atoms with Gasteiger partial charge in [0.25, 0.3) is 0 Å². The summed E-state index contributed by atoms with van der Waals surface area (Å²) >= 11 is 0. The van der Waals surface area contributed by atoms with Gasteiger partial charge in [-0.05, 0) is 50.6 Å². The van der Waals surface area contributed by atoms with Gasteiger partial charge in [-0.25, -0.2) is 15.0 Å². The van der Waals surface area contributed by atoms with Crippen molar-refractivity contribution in [1.82, 2.24) is 34.7 Å². The summed E-state index contributed by atoms with van der Waals surface area (Å²) < 4.78 is 49.0. The van der Waals surface area contributed by atoms with Crippen LogP contribution in [-0.4, -0.2) is 67.6 Å². The number of hydrogen-bond acceptors (Lipinski definition) is 8. The molecule has 1 N–H and O–H groups in total. The molecule has 13 heteroatoms. The van der Waals surface area contributed by atoms with Crippen LogP contribution in [0.1, 0.15) is 43.5 Å². The number of carbonyl (C=O) groups is 1. The highest BCUT2D eigenvalue weighted by Crippen LogP contribution is 2.38. The molecule has 1 unspecified atom stereocenters. The van der Waals surface area contributed by atoms with Gasteiger partial charge in [0, 0.05) is 31.9 Å². The molecule has 0 aliphatic carbocycles. The number of fused-ring (bicyclic) bond motifs is 1. The standard InChI is InChI=1S/C25H27F3N8O2/c1-35-14-32-21-20(33-19(12-29)34-22(21)35)16-11-17(25(26,27)28)23(31-13-16)38-10-6-15-4-8-36(9-5-15)24(37)18-3-2-7-30-18/h11,13-15,18,30H,2-10H2,1H3. The molecule has 0 bridgehead atoms. The highest BCUT2D eigenvalue weighted by molar-refractivity contribution is 5.87. The quantitative estimate of drug-likeness (QED) is 0.518. The zero-order chi connectivity index (χ0) is 26.9. The van der Waals surface area contributed by atoms with Crippen LogP contribution in [0, 0.1) is 17.2 Å². The number of amides is 1. The summed E-state index contributed by atoms with van der Waals surface area (Å²) in [5.41, 5.74) is -0.288. The molecule has 1 amide bonds. The predicted molar refractivity (Wildman–Crippen MR) is 130 cm³/mol. The third-order valence-electron chi connectivity index (χ3n) is 7.14. The van der Waals surface area contributed by atoms with E-state index in [4.69, 9.17) is 4.74 Å². The van der Waals surface area contributed by atoms with Crippen LogP contribution >= 0.6 is 0 Å². The first kappa shape index (κ1) is 25.8. The summed E-state index contributed by atoms with van der Waals surface area (Å²) in [5.74, 6) is -0.290. The van der Waals surface area contributed by atoms with E-state index >= 15 is 0 Å². The molecular formula is C25H27F3N8O2. The van der Waals surface area contributed by atoms with E-state index in [1.807, 2.05) is 11.0 Å². The first-order chi connectivity index (χ1) is 18.2. The van der Waals surface area contributed by atoms with Crippen molar-refractivity contribution < 1.29 is 22.7 Å². The number of hydrogen-bond donors (Lipinski definition) is 1. The number of halogens is 3. The molecule has 3 aromatic rings. The van der Waals surface area contributed by atoms with Crippen LogP contribution in [0.5, 0.6) is 5.88 Å². The van der Waals surface area contributed by atoms with E-state index in [-0.39, 0.29) is 47.1 Å². The van der Waals surface area contributed by atoms with Gasteiger partial charge in [0.2, 0.25) is 17.6 Å². The number of nitrogens with one attached hydrogen (secondary N) is 1. The van der Waals surface area contributed by atoms with Gasteiger partial charge in [0.15, 0.2) is 5.65 Å². The lowest BCUT2D eigenvalue weighted by atomic mass is 9.93. The van der Waals surface area contributed by atoms with E-state index in [0.717, 1.165) is 38.3 Å². The molecule has 0 radical (unpaired) electrons. The maximum Gasteiger partial charge on any atom is 0.421 e. The predicted octanol–water partition coefficient (Wildman–Crippen LogP) is 3.08. The van der Waals surface area contributed by atoms with Crippen molar-refractivity contribution in [3.8, 4) is 23.2 Å². The van der Waals surface area contributed by atoms with Gasteiger partial charge < -0.3 is 19.5 Å². The lowest BCUT2D eigenvalue weighted by Crippen LogP contribution is -2.47. The molecule has 5 rings (SSSR count). The van der Waals surface area contributed by atoms with Crippen molar-refractivity contribution in [1.29, 1.82) is 5.26 Å². The van der Waals surface area contributed by atoms with Gasteiger partial charge in [0.1, 0.15) is 22.8 Å². The number of ether oxygens (including phenoxy) is 1. The fourth-order valence-electron chi connectivity index (χ4n) is 5.04. The van der Waals surface area contributed by atoms with Crippen molar-refractivity contribution in [3.63, 3.8) is 0 Å². The van der Waals surface area contributed by atoms with E-state index in [1.54, 1.807) is 11.6 Å². The van der Waals surface area contributed by atoms with E-state index in [2.05, 4.69) is 25.3 Å². The van der Waals surface area contributed by atoms with Crippen LogP contribution in [0.4, 0.5) is 13.2 Å². The summed E-state index contributed by atoms with van der Waals surface area (Å²) in [4.78, 5) is 30.8. The maximum atomic E-state index is 14.0. The molecule has 3 aromatic heterocycles. The number of alkyl halides is 3. The molecule has 2 fully saturated rings. The Labute approximate surface area is 216 Å². The van der Waals surface area contributed by atoms with Gasteiger partial charge in [-0.3, -0.25) is 4.79 Å². The number of aromatic nitrogens is 5. The number of pyridine rings is 1. The summed E-state index contributed by atoms with van der Waals surface area (Å²) in [6, 6.07) is 2.66. The molecule has 38 heavy (non-hydrogen) atoms. The Morgan fingerprint density at radius 1 is 1.24 bits per heavy atom. The van der Waals surface area contributed by atoms with Crippen molar-refractivity contribution in [2.75, 3.05) is 26.2 Å². The topological polar surface area (TPSA) is 122 Å². The lowest BCUT2D eigenvalue weighted by molar-refractivity contribution is -0.139. The van der Waals surface area contributed by atoms with Crippen molar-refractivity contribution in [2.45, 2.75) is 44.3 Å². The minimum absolute atomic E-state index is 0.0565. The first-order valence-electron chi connectivity index (χ1n) is 12.6. The molecule has 200 valence electrons. The van der Waals surface area contributed by atoms with Crippen LogP contribution in [-0.2, 0) is 18.0 Å². The Morgan fingerprint density at radius 2 is 2.03 bits per heavy atom. The Morgan fingerprint density at radius 3 is 2.71 bits per heavy atom. The smallest absolute Gasteiger partial charge is 0.421 e. The largest absolute Gasteiger partial charge is 0.477 e. The van der Waals surface area contributed by atoms with Crippen LogP contribution in [0.15, 0.2) is 18.6 Å². The van der Waals surface area contributed by atoms with Gasteiger partial charge in [0.05, 0.1) is 19.0 Å². The molecule has 10 nitrogen and oxygen atoms in total. The summed E-state index contributed by atoms with van der Waals surface area (Å²) in [6.07, 6.45) is 1.98. The Hall–Kier alpha value is -3.79. The number of piperidine rings is 1. The van der Waals surface area contributed by atoms with Crippen molar-refractivity contribution in [2.24, 2.45) is 13.0 Å². The summed E-state index contributed by atoms with van der Waals surface area (Å²) in [5, 5.41) is 12.5. The third-order valence-corrected chi connectivity index (χ3v) is 7.14. The maximum absolute atomic E-state index is 14.0. The highest BCUT2D eigenvalue weighted by atomic mass is 19.4. The van der Waals surface area contributed by atoms with Gasteiger partial charge in [-0.15, -0.1) is 0 Å². The lowest BCUT2D eigenvalue weighted by Gasteiger charge is -2.33. The van der Waals surface area contributed by atoms with Gasteiger partial charge >= 0.3 is 6.18 Å². The molecule has 0 spiro atoms. The molecule has 2 aliphatic heterocycles. The number of imidazole rings is 1. The van der Waals surface area contributed by atoms with Crippen LogP contribution < -0.4 is 10.1 Å². The Balaban J connectivity index is 1.27. The second-order valence-electron chi connectivity index (χ2n) is 9.66. The second kappa shape index (κ2) is 10.5. The summed E-state index contributed by atoms with van der Waals surface area (Å²) in [7, 11) is 1.66. The molecular weight excluding hydrogens is 501 g/mol. The highest BCUT2D eigenvalue weighted by Gasteiger charge is 2.36. The Kier molecular flexibility index (Phi) is 7.16. The number of aryl methyl sites for hydroxylation is 1. The average molecular weight is 529 g/mol. The first-order valence-corrected chi connectivity index (χ1v) is 12.6. The minimum atomic E-state index is -4.72. The molecule has 5 heterocycles. The minimum Gasteiger partial charge on any atom is -0.477 e. The van der Waals surface area contributed by atoms with Crippen LogP contribution in [0.3, 0.4) is 0 Å². The van der Waals surface area contributed by atoms with Crippen LogP contribution in [0.25, 0.3) is 22.4 Å². The van der Waals surface area contributed by atoms with Gasteiger partial charge in [-0.2, -0.15) is 23.4 Å².